The van der Waals surface area contributed by atoms with Gasteiger partial charge in [0.2, 0.25) is 0 Å². The Hall–Kier alpha value is -1.58. The van der Waals surface area contributed by atoms with Gasteiger partial charge in [-0.3, -0.25) is 4.68 Å². The van der Waals surface area contributed by atoms with Crippen molar-refractivity contribution in [3.8, 4) is 0 Å². The van der Waals surface area contributed by atoms with Crippen LogP contribution in [0.15, 0.2) is 37.2 Å². The Balaban J connectivity index is 1.84. The number of hydrogen-bond donors (Lipinski definition) is 0. The maximum Gasteiger partial charge on any atom is 0.0948 e. The van der Waals surface area contributed by atoms with E-state index in [2.05, 4.69) is 28.5 Å². The zero-order chi connectivity index (χ0) is 11.4. The predicted molar refractivity (Wildman–Crippen MR) is 63.1 cm³/mol. The molecule has 0 N–H and O–H groups in total. The van der Waals surface area contributed by atoms with E-state index in [9.17, 15) is 0 Å². The van der Waals surface area contributed by atoms with E-state index in [1.54, 1.807) is 0 Å². The fraction of sp³-hybridized carbons (Fsp3) is 0.500. The van der Waals surface area contributed by atoms with Crippen LogP contribution in [0.3, 0.4) is 0 Å². The van der Waals surface area contributed by atoms with Crippen LogP contribution < -0.4 is 0 Å². The van der Waals surface area contributed by atoms with Gasteiger partial charge in [-0.25, -0.2) is 4.98 Å². The maximum atomic E-state index is 4.25. The van der Waals surface area contributed by atoms with Crippen LogP contribution in [0.25, 0.3) is 0 Å². The number of imidazole rings is 1. The summed E-state index contributed by atoms with van der Waals surface area (Å²) in [5, 5.41) is 4.25. The van der Waals surface area contributed by atoms with Gasteiger partial charge < -0.3 is 4.57 Å². The van der Waals surface area contributed by atoms with Crippen LogP contribution in [-0.4, -0.2) is 19.3 Å². The van der Waals surface area contributed by atoms with Gasteiger partial charge in [0.1, 0.15) is 0 Å². The summed E-state index contributed by atoms with van der Waals surface area (Å²) >= 11 is 0. The van der Waals surface area contributed by atoms with Crippen molar-refractivity contribution in [2.24, 2.45) is 0 Å². The van der Waals surface area contributed by atoms with Crippen molar-refractivity contribution in [3.05, 3.63) is 37.2 Å². The third kappa shape index (κ3) is 2.51. The molecule has 0 aromatic carbocycles. The number of nitrogens with zero attached hydrogens (tertiary/aromatic N) is 4. The van der Waals surface area contributed by atoms with Crippen LogP contribution in [0, 0.1) is 0 Å². The molecule has 2 rings (SSSR count). The van der Waals surface area contributed by atoms with Crippen molar-refractivity contribution >= 4 is 0 Å². The highest BCUT2D eigenvalue weighted by atomic mass is 15.3. The largest absolute Gasteiger partial charge is 0.335 e. The fourth-order valence-corrected chi connectivity index (χ4v) is 1.84. The number of rotatable bonds is 5. The molecule has 4 heteroatoms. The average Bonchev–Trinajstić information content (AvgIpc) is 2.95. The molecule has 2 aromatic heterocycles. The van der Waals surface area contributed by atoms with Crippen molar-refractivity contribution in [2.45, 2.75) is 38.8 Å². The second-order valence-corrected chi connectivity index (χ2v) is 4.27. The van der Waals surface area contributed by atoms with E-state index in [0.717, 1.165) is 12.8 Å². The van der Waals surface area contributed by atoms with Crippen molar-refractivity contribution in [1.29, 1.82) is 0 Å². The third-order valence-electron chi connectivity index (χ3n) is 3.01. The molecule has 86 valence electrons. The molecule has 2 heterocycles. The van der Waals surface area contributed by atoms with Gasteiger partial charge in [-0.15, -0.1) is 0 Å². The van der Waals surface area contributed by atoms with Crippen LogP contribution >= 0.6 is 0 Å². The summed E-state index contributed by atoms with van der Waals surface area (Å²) < 4.78 is 4.16. The molecule has 0 fully saturated rings. The van der Waals surface area contributed by atoms with Crippen molar-refractivity contribution in [1.82, 2.24) is 19.3 Å². The highest BCUT2D eigenvalue weighted by molar-refractivity contribution is 4.82. The van der Waals surface area contributed by atoms with Crippen LogP contribution in [-0.2, 0) is 0 Å². The average molecular weight is 218 g/mol. The third-order valence-corrected chi connectivity index (χ3v) is 3.01. The lowest BCUT2D eigenvalue weighted by molar-refractivity contribution is 0.394. The molecular weight excluding hydrogens is 200 g/mol. The number of aromatic nitrogens is 4. The van der Waals surface area contributed by atoms with Crippen LogP contribution in [0.5, 0.6) is 0 Å². The van der Waals surface area contributed by atoms with Gasteiger partial charge in [-0.2, -0.15) is 5.10 Å². The van der Waals surface area contributed by atoms with E-state index in [-0.39, 0.29) is 0 Å². The topological polar surface area (TPSA) is 35.6 Å². The molecule has 2 unspecified atom stereocenters. The molecular formula is C12H18N4. The van der Waals surface area contributed by atoms with E-state index < -0.39 is 0 Å². The molecule has 0 aliphatic carbocycles. The quantitative estimate of drug-likeness (QED) is 0.773. The van der Waals surface area contributed by atoms with Crippen molar-refractivity contribution in [3.63, 3.8) is 0 Å². The molecule has 0 radical (unpaired) electrons. The van der Waals surface area contributed by atoms with Crippen LogP contribution in [0.2, 0.25) is 0 Å². The molecule has 0 bridgehead atoms. The van der Waals surface area contributed by atoms with Gasteiger partial charge in [0.25, 0.3) is 0 Å². The van der Waals surface area contributed by atoms with Crippen molar-refractivity contribution < 1.29 is 0 Å². The SMILES string of the molecule is CC(CCC(C)n1cccn1)n1ccnc1. The summed E-state index contributed by atoms with van der Waals surface area (Å²) in [4.78, 5) is 4.07. The van der Waals surface area contributed by atoms with Gasteiger partial charge in [0.05, 0.1) is 6.33 Å². The van der Waals surface area contributed by atoms with E-state index in [1.807, 2.05) is 41.9 Å². The predicted octanol–water partition coefficient (Wildman–Crippen LogP) is 2.68. The minimum Gasteiger partial charge on any atom is -0.335 e. The molecule has 0 spiro atoms. The molecule has 0 saturated heterocycles. The minimum absolute atomic E-state index is 0.459. The molecule has 0 saturated carbocycles. The zero-order valence-corrected chi connectivity index (χ0v) is 9.82. The molecule has 0 aliphatic heterocycles. The smallest absolute Gasteiger partial charge is 0.0948 e. The van der Waals surface area contributed by atoms with Crippen molar-refractivity contribution in [2.75, 3.05) is 0 Å². The van der Waals surface area contributed by atoms with Crippen LogP contribution in [0.1, 0.15) is 38.8 Å². The fourth-order valence-electron chi connectivity index (χ4n) is 1.84. The van der Waals surface area contributed by atoms with E-state index >= 15 is 0 Å². The Morgan fingerprint density at radius 1 is 1.06 bits per heavy atom. The summed E-state index contributed by atoms with van der Waals surface area (Å²) in [5.74, 6) is 0. The minimum atomic E-state index is 0.459. The summed E-state index contributed by atoms with van der Waals surface area (Å²) in [6.45, 7) is 4.42. The lowest BCUT2D eigenvalue weighted by Crippen LogP contribution is -2.09. The molecule has 2 aromatic rings. The summed E-state index contributed by atoms with van der Waals surface area (Å²) in [7, 11) is 0. The standard InChI is InChI=1S/C12H18N4/c1-11(15-9-7-13-10-15)4-5-12(2)16-8-3-6-14-16/h3,6-12H,4-5H2,1-2H3. The first-order valence-corrected chi connectivity index (χ1v) is 5.74. The molecule has 2 atom stereocenters. The van der Waals surface area contributed by atoms with Crippen LogP contribution in [0.4, 0.5) is 0 Å². The Labute approximate surface area is 95.9 Å². The summed E-state index contributed by atoms with van der Waals surface area (Å²) in [6, 6.07) is 2.93. The maximum absolute atomic E-state index is 4.25. The lowest BCUT2D eigenvalue weighted by Gasteiger charge is -2.16. The normalized spacial score (nSPS) is 14.9. The second-order valence-electron chi connectivity index (χ2n) is 4.27. The monoisotopic (exact) mass is 218 g/mol. The first-order chi connectivity index (χ1) is 7.77. The highest BCUT2D eigenvalue weighted by Gasteiger charge is 2.08. The van der Waals surface area contributed by atoms with Gasteiger partial charge in [0.15, 0.2) is 0 Å². The molecule has 0 aliphatic rings. The zero-order valence-electron chi connectivity index (χ0n) is 9.82. The summed E-state index contributed by atoms with van der Waals surface area (Å²) in [5.41, 5.74) is 0. The molecule has 0 amide bonds. The Morgan fingerprint density at radius 2 is 1.88 bits per heavy atom. The highest BCUT2D eigenvalue weighted by Crippen LogP contribution is 2.19. The second kappa shape index (κ2) is 4.96. The summed E-state index contributed by atoms with van der Waals surface area (Å²) in [6.07, 6.45) is 11.8. The Morgan fingerprint density at radius 3 is 2.50 bits per heavy atom. The number of hydrogen-bond acceptors (Lipinski definition) is 2. The van der Waals surface area contributed by atoms with Gasteiger partial charge in [0, 0.05) is 36.9 Å². The first kappa shape index (κ1) is 10.9. The molecule has 4 nitrogen and oxygen atoms in total. The Bertz CT molecular complexity index is 350. The van der Waals surface area contributed by atoms with E-state index in [0.29, 0.717) is 12.1 Å². The van der Waals surface area contributed by atoms with Gasteiger partial charge >= 0.3 is 0 Å². The lowest BCUT2D eigenvalue weighted by atomic mass is 10.1. The first-order valence-electron chi connectivity index (χ1n) is 5.74. The van der Waals surface area contributed by atoms with E-state index in [1.165, 1.54) is 0 Å². The van der Waals surface area contributed by atoms with Gasteiger partial charge in [-0.05, 0) is 32.8 Å². The Kier molecular flexibility index (Phi) is 3.39. The van der Waals surface area contributed by atoms with Gasteiger partial charge in [-0.1, -0.05) is 0 Å². The molecule has 16 heavy (non-hydrogen) atoms. The van der Waals surface area contributed by atoms with E-state index in [4.69, 9.17) is 0 Å².